The molecule has 0 heterocycles. The van der Waals surface area contributed by atoms with Crippen LogP contribution in [0.2, 0.25) is 0 Å². The van der Waals surface area contributed by atoms with Gasteiger partial charge in [-0.15, -0.1) is 0 Å². The molecule has 4 nitrogen and oxygen atoms in total. The predicted molar refractivity (Wildman–Crippen MR) is 84.5 cm³/mol. The van der Waals surface area contributed by atoms with Crippen molar-refractivity contribution in [2.45, 2.75) is 26.4 Å². The smallest absolute Gasteiger partial charge is 0.223 e. The number of nitrogens with one attached hydrogen (secondary N) is 1. The van der Waals surface area contributed by atoms with Crippen LogP contribution in [0.5, 0.6) is 0 Å². The average Bonchev–Trinajstić information content (AvgIpc) is 2.44. The summed E-state index contributed by atoms with van der Waals surface area (Å²) in [6.07, 6.45) is -0.0940. The van der Waals surface area contributed by atoms with E-state index < -0.39 is 6.10 Å². The summed E-state index contributed by atoms with van der Waals surface area (Å²) in [5.74, 6) is 0.152. The number of aliphatic hydroxyl groups is 1. The van der Waals surface area contributed by atoms with E-state index in [-0.39, 0.29) is 5.91 Å². The van der Waals surface area contributed by atoms with E-state index in [1.54, 1.807) is 0 Å². The average molecular weight is 343 g/mol. The molecular formula is C15H23BrN2O2. The monoisotopic (exact) mass is 342 g/mol. The lowest BCUT2D eigenvalue weighted by Crippen LogP contribution is -2.33. The van der Waals surface area contributed by atoms with Crippen molar-refractivity contribution < 1.29 is 9.90 Å². The number of nitrogens with zero attached hydrogens (tertiary/aromatic N) is 1. The first-order valence-electron chi connectivity index (χ1n) is 7.00. The zero-order chi connectivity index (χ0) is 15.0. The van der Waals surface area contributed by atoms with Gasteiger partial charge in [-0.1, -0.05) is 28.1 Å². The minimum atomic E-state index is -0.559. The van der Waals surface area contributed by atoms with Crippen LogP contribution in [0.15, 0.2) is 28.7 Å². The first kappa shape index (κ1) is 17.1. The number of aliphatic hydroxyl groups excluding tert-OH is 1. The Balaban J connectivity index is 2.29. The third kappa shape index (κ3) is 5.61. The number of halogens is 1. The molecule has 2 N–H and O–H groups in total. The fourth-order valence-corrected chi connectivity index (χ4v) is 2.42. The highest BCUT2D eigenvalue weighted by molar-refractivity contribution is 9.10. The predicted octanol–water partition coefficient (Wildman–Crippen LogP) is 2.33. The van der Waals surface area contributed by atoms with Crippen LogP contribution in [-0.4, -0.2) is 42.1 Å². The SMILES string of the molecule is CCN(CC)C(=O)CCNCC(O)c1cccc(Br)c1. The summed E-state index contributed by atoms with van der Waals surface area (Å²) < 4.78 is 0.950. The maximum absolute atomic E-state index is 11.8. The first-order chi connectivity index (χ1) is 9.58. The van der Waals surface area contributed by atoms with E-state index >= 15 is 0 Å². The van der Waals surface area contributed by atoms with E-state index in [1.807, 2.05) is 43.0 Å². The maximum atomic E-state index is 11.8. The lowest BCUT2D eigenvalue weighted by Gasteiger charge is -2.19. The second-order valence-electron chi connectivity index (χ2n) is 4.59. The Bertz CT molecular complexity index is 422. The number of carbonyl (C=O) groups excluding carboxylic acids is 1. The van der Waals surface area contributed by atoms with Crippen LogP contribution in [0.25, 0.3) is 0 Å². The van der Waals surface area contributed by atoms with E-state index in [0.29, 0.717) is 19.5 Å². The molecule has 1 rings (SSSR count). The molecule has 1 atom stereocenters. The van der Waals surface area contributed by atoms with Gasteiger partial charge in [-0.25, -0.2) is 0 Å². The number of carbonyl (C=O) groups is 1. The lowest BCUT2D eigenvalue weighted by molar-refractivity contribution is -0.130. The summed E-state index contributed by atoms with van der Waals surface area (Å²) in [5, 5.41) is 13.2. The summed E-state index contributed by atoms with van der Waals surface area (Å²) >= 11 is 3.38. The highest BCUT2D eigenvalue weighted by Crippen LogP contribution is 2.17. The zero-order valence-electron chi connectivity index (χ0n) is 12.1. The van der Waals surface area contributed by atoms with E-state index in [2.05, 4.69) is 21.2 Å². The van der Waals surface area contributed by atoms with Crippen LogP contribution in [0, 0.1) is 0 Å². The Morgan fingerprint density at radius 2 is 2.10 bits per heavy atom. The second kappa shape index (κ2) is 9.10. The molecular weight excluding hydrogens is 320 g/mol. The van der Waals surface area contributed by atoms with Crippen molar-refractivity contribution in [3.63, 3.8) is 0 Å². The van der Waals surface area contributed by atoms with Crippen molar-refractivity contribution >= 4 is 21.8 Å². The Kier molecular flexibility index (Phi) is 7.80. The highest BCUT2D eigenvalue weighted by Gasteiger charge is 2.10. The number of hydrogen-bond acceptors (Lipinski definition) is 3. The van der Waals surface area contributed by atoms with Crippen LogP contribution < -0.4 is 5.32 Å². The number of amides is 1. The molecule has 5 heteroatoms. The van der Waals surface area contributed by atoms with E-state index in [0.717, 1.165) is 23.1 Å². The van der Waals surface area contributed by atoms with Crippen LogP contribution >= 0.6 is 15.9 Å². The highest BCUT2D eigenvalue weighted by atomic mass is 79.9. The van der Waals surface area contributed by atoms with Crippen molar-refractivity contribution in [1.29, 1.82) is 0 Å². The standard InChI is InChI=1S/C15H23BrN2O2/c1-3-18(4-2)15(20)8-9-17-11-14(19)12-6-5-7-13(16)10-12/h5-7,10,14,17,19H,3-4,8-9,11H2,1-2H3. The normalized spacial score (nSPS) is 12.2. The van der Waals surface area contributed by atoms with Gasteiger partial charge in [-0.3, -0.25) is 4.79 Å². The molecule has 1 amide bonds. The van der Waals surface area contributed by atoms with Crippen molar-refractivity contribution in [3.05, 3.63) is 34.3 Å². The van der Waals surface area contributed by atoms with Gasteiger partial charge in [0.2, 0.25) is 5.91 Å². The molecule has 0 aromatic heterocycles. The van der Waals surface area contributed by atoms with E-state index in [1.165, 1.54) is 0 Å². The van der Waals surface area contributed by atoms with Gasteiger partial charge in [0, 0.05) is 37.1 Å². The van der Waals surface area contributed by atoms with Gasteiger partial charge < -0.3 is 15.3 Å². The quantitative estimate of drug-likeness (QED) is 0.713. The van der Waals surface area contributed by atoms with Crippen LogP contribution in [0.1, 0.15) is 31.9 Å². The molecule has 0 aliphatic carbocycles. The molecule has 0 bridgehead atoms. The van der Waals surface area contributed by atoms with Gasteiger partial charge in [0.1, 0.15) is 0 Å². The molecule has 0 aliphatic heterocycles. The van der Waals surface area contributed by atoms with Crippen molar-refractivity contribution in [1.82, 2.24) is 10.2 Å². The van der Waals surface area contributed by atoms with Crippen molar-refractivity contribution in [2.75, 3.05) is 26.2 Å². The van der Waals surface area contributed by atoms with Gasteiger partial charge in [-0.2, -0.15) is 0 Å². The summed E-state index contributed by atoms with van der Waals surface area (Å²) in [6.45, 7) is 6.48. The number of rotatable bonds is 8. The summed E-state index contributed by atoms with van der Waals surface area (Å²) in [7, 11) is 0. The fourth-order valence-electron chi connectivity index (χ4n) is 2.00. The molecule has 0 aliphatic rings. The van der Waals surface area contributed by atoms with Gasteiger partial charge >= 0.3 is 0 Å². The topological polar surface area (TPSA) is 52.6 Å². The van der Waals surface area contributed by atoms with Gasteiger partial charge in [0.25, 0.3) is 0 Å². The molecule has 0 radical (unpaired) electrons. The molecule has 112 valence electrons. The minimum Gasteiger partial charge on any atom is -0.387 e. The van der Waals surface area contributed by atoms with Crippen molar-refractivity contribution in [3.8, 4) is 0 Å². The van der Waals surface area contributed by atoms with Crippen molar-refractivity contribution in [2.24, 2.45) is 0 Å². The third-order valence-corrected chi connectivity index (χ3v) is 3.70. The van der Waals surface area contributed by atoms with E-state index in [9.17, 15) is 9.90 Å². The summed E-state index contributed by atoms with van der Waals surface area (Å²) in [5.41, 5.74) is 0.863. The first-order valence-corrected chi connectivity index (χ1v) is 7.79. The van der Waals surface area contributed by atoms with Gasteiger partial charge in [0.15, 0.2) is 0 Å². The molecule has 1 aromatic carbocycles. The van der Waals surface area contributed by atoms with Crippen LogP contribution in [0.4, 0.5) is 0 Å². The largest absolute Gasteiger partial charge is 0.387 e. The Morgan fingerprint density at radius 3 is 2.70 bits per heavy atom. The minimum absolute atomic E-state index is 0.152. The Morgan fingerprint density at radius 1 is 1.40 bits per heavy atom. The lowest BCUT2D eigenvalue weighted by atomic mass is 10.1. The molecule has 1 unspecified atom stereocenters. The molecule has 20 heavy (non-hydrogen) atoms. The molecule has 0 saturated heterocycles. The van der Waals surface area contributed by atoms with Gasteiger partial charge in [0.05, 0.1) is 6.10 Å². The summed E-state index contributed by atoms with van der Waals surface area (Å²) in [4.78, 5) is 13.6. The number of benzene rings is 1. The Labute approximate surface area is 129 Å². The molecule has 0 fully saturated rings. The second-order valence-corrected chi connectivity index (χ2v) is 5.51. The fraction of sp³-hybridized carbons (Fsp3) is 0.533. The number of hydrogen-bond donors (Lipinski definition) is 2. The zero-order valence-corrected chi connectivity index (χ0v) is 13.7. The maximum Gasteiger partial charge on any atom is 0.223 e. The summed E-state index contributed by atoms with van der Waals surface area (Å²) in [6, 6.07) is 7.60. The Hall–Kier alpha value is -0.910. The van der Waals surface area contributed by atoms with Crippen LogP contribution in [-0.2, 0) is 4.79 Å². The van der Waals surface area contributed by atoms with Crippen LogP contribution in [0.3, 0.4) is 0 Å². The van der Waals surface area contributed by atoms with Gasteiger partial charge in [-0.05, 0) is 31.5 Å². The molecule has 1 aromatic rings. The molecule has 0 saturated carbocycles. The third-order valence-electron chi connectivity index (χ3n) is 3.20. The van der Waals surface area contributed by atoms with E-state index in [4.69, 9.17) is 0 Å². The molecule has 0 spiro atoms.